The van der Waals surface area contributed by atoms with Gasteiger partial charge in [-0.25, -0.2) is 4.79 Å². The zero-order chi connectivity index (χ0) is 18.6. The van der Waals surface area contributed by atoms with Gasteiger partial charge in [0.1, 0.15) is 6.10 Å². The third-order valence-electron chi connectivity index (χ3n) is 5.08. The van der Waals surface area contributed by atoms with Crippen LogP contribution >= 0.6 is 0 Å². The highest BCUT2D eigenvalue weighted by atomic mass is 16.5. The van der Waals surface area contributed by atoms with Gasteiger partial charge >= 0.3 is 6.03 Å². The number of hydrogen-bond donors (Lipinski definition) is 1. The summed E-state index contributed by atoms with van der Waals surface area (Å²) in [5, 5.41) is 2.90. The van der Waals surface area contributed by atoms with E-state index in [1.54, 1.807) is 15.9 Å². The molecule has 0 saturated carbocycles. The lowest BCUT2D eigenvalue weighted by Crippen LogP contribution is -2.53. The third-order valence-corrected chi connectivity index (χ3v) is 5.08. The topological polar surface area (TPSA) is 80.3 Å². The van der Waals surface area contributed by atoms with E-state index in [1.807, 2.05) is 12.1 Å². The fraction of sp³-hybridized carbons (Fsp3) is 0.579. The molecular weight excluding hydrogens is 350 g/mol. The number of urea groups is 1. The number of fused-ring (bicyclic) bond motifs is 1. The molecule has 1 N–H and O–H groups in total. The van der Waals surface area contributed by atoms with Crippen LogP contribution in [-0.2, 0) is 9.53 Å². The van der Waals surface area contributed by atoms with Gasteiger partial charge in [-0.2, -0.15) is 0 Å². The Morgan fingerprint density at radius 3 is 2.41 bits per heavy atom. The average molecular weight is 375 g/mol. The number of benzene rings is 1. The lowest BCUT2D eigenvalue weighted by molar-refractivity contribution is -0.142. The van der Waals surface area contributed by atoms with Crippen LogP contribution in [0.15, 0.2) is 18.2 Å². The number of amides is 3. The minimum atomic E-state index is -0.299. The molecule has 2 saturated heterocycles. The largest absolute Gasteiger partial charge is 0.490 e. The number of nitrogens with one attached hydrogen (secondary N) is 1. The molecule has 3 aliphatic rings. The van der Waals surface area contributed by atoms with Crippen molar-refractivity contribution < 1.29 is 23.8 Å². The summed E-state index contributed by atoms with van der Waals surface area (Å²) in [6, 6.07) is 5.24. The van der Waals surface area contributed by atoms with Crippen molar-refractivity contribution in [2.75, 3.05) is 51.3 Å². The summed E-state index contributed by atoms with van der Waals surface area (Å²) < 4.78 is 16.7. The Bertz CT molecular complexity index is 697. The molecule has 1 atom stereocenters. The van der Waals surface area contributed by atoms with E-state index >= 15 is 0 Å². The SMILES string of the molecule is O=C(Nc1ccc2c(c1)OCCCO2)N1CCN(C(=O)[C@H]2CCCO2)CC1. The second-order valence-corrected chi connectivity index (χ2v) is 6.96. The van der Waals surface area contributed by atoms with E-state index in [9.17, 15) is 9.59 Å². The molecule has 0 aliphatic carbocycles. The summed E-state index contributed by atoms with van der Waals surface area (Å²) in [5.74, 6) is 1.40. The van der Waals surface area contributed by atoms with Gasteiger partial charge in [0.25, 0.3) is 5.91 Å². The number of ether oxygens (including phenoxy) is 3. The van der Waals surface area contributed by atoms with E-state index in [0.717, 1.165) is 19.3 Å². The molecular formula is C19H25N3O5. The zero-order valence-corrected chi connectivity index (χ0v) is 15.3. The first-order valence-corrected chi connectivity index (χ1v) is 9.57. The molecule has 0 unspecified atom stereocenters. The van der Waals surface area contributed by atoms with Crippen LogP contribution in [0, 0.1) is 0 Å². The van der Waals surface area contributed by atoms with Crippen LogP contribution in [0.25, 0.3) is 0 Å². The number of piperazine rings is 1. The molecule has 146 valence electrons. The summed E-state index contributed by atoms with van der Waals surface area (Å²) in [4.78, 5) is 28.5. The van der Waals surface area contributed by atoms with Gasteiger partial charge in [-0.1, -0.05) is 0 Å². The maximum Gasteiger partial charge on any atom is 0.321 e. The summed E-state index contributed by atoms with van der Waals surface area (Å²) in [6.45, 7) is 3.98. The van der Waals surface area contributed by atoms with Gasteiger partial charge in [-0.3, -0.25) is 4.79 Å². The molecule has 1 aromatic rings. The summed E-state index contributed by atoms with van der Waals surface area (Å²) in [5.41, 5.74) is 0.669. The highest BCUT2D eigenvalue weighted by Gasteiger charge is 2.31. The second-order valence-electron chi connectivity index (χ2n) is 6.96. The summed E-state index contributed by atoms with van der Waals surface area (Å²) in [6.07, 6.45) is 2.27. The molecule has 1 aromatic carbocycles. The fourth-order valence-corrected chi connectivity index (χ4v) is 3.55. The van der Waals surface area contributed by atoms with Crippen LogP contribution < -0.4 is 14.8 Å². The minimum absolute atomic E-state index is 0.0514. The van der Waals surface area contributed by atoms with E-state index in [2.05, 4.69) is 5.32 Å². The first-order valence-electron chi connectivity index (χ1n) is 9.57. The van der Waals surface area contributed by atoms with Crippen LogP contribution in [0.1, 0.15) is 19.3 Å². The lowest BCUT2D eigenvalue weighted by atomic mass is 10.2. The zero-order valence-electron chi connectivity index (χ0n) is 15.3. The Morgan fingerprint density at radius 1 is 0.926 bits per heavy atom. The fourth-order valence-electron chi connectivity index (χ4n) is 3.55. The maximum atomic E-state index is 12.6. The van der Waals surface area contributed by atoms with Crippen LogP contribution in [0.3, 0.4) is 0 Å². The molecule has 3 heterocycles. The quantitative estimate of drug-likeness (QED) is 0.851. The van der Waals surface area contributed by atoms with Crippen molar-refractivity contribution >= 4 is 17.6 Å². The predicted molar refractivity (Wildman–Crippen MR) is 98.2 cm³/mol. The molecule has 27 heavy (non-hydrogen) atoms. The van der Waals surface area contributed by atoms with Crippen molar-refractivity contribution in [1.29, 1.82) is 0 Å². The monoisotopic (exact) mass is 375 g/mol. The molecule has 3 aliphatic heterocycles. The van der Waals surface area contributed by atoms with Gasteiger partial charge in [0, 0.05) is 51.0 Å². The molecule has 4 rings (SSSR count). The molecule has 0 spiro atoms. The maximum absolute atomic E-state index is 12.6. The number of nitrogens with zero attached hydrogens (tertiary/aromatic N) is 2. The average Bonchev–Trinajstić information content (AvgIpc) is 3.13. The molecule has 0 bridgehead atoms. The Kier molecular flexibility index (Phi) is 5.33. The van der Waals surface area contributed by atoms with Crippen LogP contribution in [0.4, 0.5) is 10.5 Å². The van der Waals surface area contributed by atoms with Crippen molar-refractivity contribution in [1.82, 2.24) is 9.80 Å². The Balaban J connectivity index is 1.30. The normalized spacial score (nSPS) is 22.3. The van der Waals surface area contributed by atoms with Crippen molar-refractivity contribution in [3.05, 3.63) is 18.2 Å². The number of hydrogen-bond acceptors (Lipinski definition) is 5. The summed E-state index contributed by atoms with van der Waals surface area (Å²) >= 11 is 0. The van der Waals surface area contributed by atoms with Crippen LogP contribution in [0.5, 0.6) is 11.5 Å². The van der Waals surface area contributed by atoms with Crippen molar-refractivity contribution in [2.24, 2.45) is 0 Å². The number of carbonyl (C=O) groups is 2. The van der Waals surface area contributed by atoms with Gasteiger partial charge < -0.3 is 29.3 Å². The Morgan fingerprint density at radius 2 is 1.67 bits per heavy atom. The van der Waals surface area contributed by atoms with Gasteiger partial charge in [0.05, 0.1) is 13.2 Å². The number of anilines is 1. The second kappa shape index (κ2) is 8.04. The Hall–Kier alpha value is -2.48. The van der Waals surface area contributed by atoms with Gasteiger partial charge in [-0.05, 0) is 25.0 Å². The molecule has 3 amide bonds. The third kappa shape index (κ3) is 4.10. The van der Waals surface area contributed by atoms with Crippen LogP contribution in [-0.4, -0.2) is 73.8 Å². The van der Waals surface area contributed by atoms with E-state index < -0.39 is 0 Å². The Labute approximate surface area is 158 Å². The van der Waals surface area contributed by atoms with E-state index in [1.165, 1.54) is 0 Å². The predicted octanol–water partition coefficient (Wildman–Crippen LogP) is 1.70. The van der Waals surface area contributed by atoms with Crippen molar-refractivity contribution in [3.63, 3.8) is 0 Å². The summed E-state index contributed by atoms with van der Waals surface area (Å²) in [7, 11) is 0. The van der Waals surface area contributed by atoms with Crippen molar-refractivity contribution in [3.8, 4) is 11.5 Å². The van der Waals surface area contributed by atoms with E-state index in [4.69, 9.17) is 14.2 Å². The molecule has 0 radical (unpaired) electrons. The van der Waals surface area contributed by atoms with Crippen molar-refractivity contribution in [2.45, 2.75) is 25.4 Å². The smallest absolute Gasteiger partial charge is 0.321 e. The first-order chi connectivity index (χ1) is 13.2. The van der Waals surface area contributed by atoms with Gasteiger partial charge in [-0.15, -0.1) is 0 Å². The van der Waals surface area contributed by atoms with E-state index in [0.29, 0.717) is 63.2 Å². The van der Waals surface area contributed by atoms with Gasteiger partial charge in [0.2, 0.25) is 0 Å². The highest BCUT2D eigenvalue weighted by Crippen LogP contribution is 2.32. The highest BCUT2D eigenvalue weighted by molar-refractivity contribution is 5.90. The molecule has 8 heteroatoms. The minimum Gasteiger partial charge on any atom is -0.490 e. The number of rotatable bonds is 2. The molecule has 2 fully saturated rings. The van der Waals surface area contributed by atoms with Gasteiger partial charge in [0.15, 0.2) is 11.5 Å². The van der Waals surface area contributed by atoms with E-state index in [-0.39, 0.29) is 18.0 Å². The van der Waals surface area contributed by atoms with Crippen LogP contribution in [0.2, 0.25) is 0 Å². The molecule has 8 nitrogen and oxygen atoms in total. The molecule has 0 aromatic heterocycles. The first kappa shape index (κ1) is 17.9. The standard InChI is InChI=1S/C19H25N3O5/c23-18(16-3-1-10-26-16)21-6-8-22(9-7-21)19(24)20-14-4-5-15-17(13-14)27-12-2-11-25-15/h4-5,13,16H,1-3,6-12H2,(H,20,24)/t16-/m1/s1. The lowest BCUT2D eigenvalue weighted by Gasteiger charge is -2.35. The number of carbonyl (C=O) groups excluding carboxylic acids is 2.